The zero-order chi connectivity index (χ0) is 22.6. The molecule has 0 aromatic heterocycles. The number of amides is 1. The molecule has 11 heteroatoms. The van der Waals surface area contributed by atoms with Crippen molar-refractivity contribution >= 4 is 31.6 Å². The lowest BCUT2D eigenvalue weighted by Crippen LogP contribution is -2.46. The Labute approximate surface area is 183 Å². The smallest absolute Gasteiger partial charge is 0.243 e. The van der Waals surface area contributed by atoms with E-state index in [1.807, 2.05) is 7.05 Å². The predicted molar refractivity (Wildman–Crippen MR) is 118 cm³/mol. The Balaban J connectivity index is 1.62. The molecule has 1 aliphatic heterocycles. The number of carbonyl (C=O) groups excluding carboxylic acids is 1. The number of rotatable bonds is 7. The molecule has 0 bridgehead atoms. The van der Waals surface area contributed by atoms with Gasteiger partial charge in [0.1, 0.15) is 0 Å². The Morgan fingerprint density at radius 1 is 0.903 bits per heavy atom. The van der Waals surface area contributed by atoms with Gasteiger partial charge in [0, 0.05) is 38.9 Å². The standard InChI is InChI=1S/C20H26N4O5S2/c1-22-12-14-24(15-13-22)31(28,29)19-10-8-17(9-11-19)21-20(25)16-23(2)30(26,27)18-6-4-3-5-7-18/h3-11H,12-16H2,1-2H3,(H,21,25). The third-order valence-electron chi connectivity index (χ3n) is 5.06. The van der Waals surface area contributed by atoms with Crippen LogP contribution in [0.3, 0.4) is 0 Å². The molecule has 3 rings (SSSR count). The molecule has 1 amide bonds. The lowest BCUT2D eigenvalue weighted by atomic mass is 10.3. The van der Waals surface area contributed by atoms with Crippen LogP contribution in [0.25, 0.3) is 0 Å². The van der Waals surface area contributed by atoms with Crippen molar-refractivity contribution in [1.29, 1.82) is 0 Å². The molecule has 0 unspecified atom stereocenters. The summed E-state index contributed by atoms with van der Waals surface area (Å²) in [6, 6.07) is 13.7. The van der Waals surface area contributed by atoms with Gasteiger partial charge in [0.25, 0.3) is 0 Å². The average molecular weight is 467 g/mol. The molecule has 31 heavy (non-hydrogen) atoms. The lowest BCUT2D eigenvalue weighted by Gasteiger charge is -2.31. The van der Waals surface area contributed by atoms with Gasteiger partial charge in [0.2, 0.25) is 26.0 Å². The summed E-state index contributed by atoms with van der Waals surface area (Å²) in [5.74, 6) is -0.531. The fourth-order valence-electron chi connectivity index (χ4n) is 3.15. The van der Waals surface area contributed by atoms with Crippen LogP contribution in [0.4, 0.5) is 5.69 Å². The minimum atomic E-state index is -3.78. The van der Waals surface area contributed by atoms with Crippen molar-refractivity contribution in [1.82, 2.24) is 13.5 Å². The topological polar surface area (TPSA) is 107 Å². The number of nitrogens with zero attached hydrogens (tertiary/aromatic N) is 3. The number of piperazine rings is 1. The van der Waals surface area contributed by atoms with Gasteiger partial charge < -0.3 is 10.2 Å². The number of hydrogen-bond acceptors (Lipinski definition) is 6. The summed E-state index contributed by atoms with van der Waals surface area (Å²) in [4.78, 5) is 14.6. The molecule has 2 aromatic rings. The Bertz CT molecular complexity index is 1110. The third kappa shape index (κ3) is 5.49. The summed E-state index contributed by atoms with van der Waals surface area (Å²) < 4.78 is 53.0. The Morgan fingerprint density at radius 3 is 2.06 bits per heavy atom. The molecule has 9 nitrogen and oxygen atoms in total. The molecule has 0 saturated carbocycles. The Morgan fingerprint density at radius 2 is 1.48 bits per heavy atom. The van der Waals surface area contributed by atoms with Crippen LogP contribution < -0.4 is 5.32 Å². The van der Waals surface area contributed by atoms with E-state index >= 15 is 0 Å². The molecular formula is C20H26N4O5S2. The SMILES string of the molecule is CN1CCN(S(=O)(=O)c2ccc(NC(=O)CN(C)S(=O)(=O)c3ccccc3)cc2)CC1. The number of hydrogen-bond donors (Lipinski definition) is 1. The van der Waals surface area contributed by atoms with Crippen molar-refractivity contribution in [3.05, 3.63) is 54.6 Å². The van der Waals surface area contributed by atoms with E-state index in [-0.39, 0.29) is 16.3 Å². The average Bonchev–Trinajstić information content (AvgIpc) is 2.75. The summed E-state index contributed by atoms with van der Waals surface area (Å²) in [7, 11) is -4.10. The monoisotopic (exact) mass is 466 g/mol. The first kappa shape index (κ1) is 23.4. The molecule has 1 N–H and O–H groups in total. The molecule has 1 saturated heterocycles. The normalized spacial score (nSPS) is 16.4. The molecule has 0 radical (unpaired) electrons. The van der Waals surface area contributed by atoms with Crippen molar-refractivity contribution < 1.29 is 21.6 Å². The van der Waals surface area contributed by atoms with Gasteiger partial charge in [-0.3, -0.25) is 4.79 Å². The van der Waals surface area contributed by atoms with E-state index < -0.39 is 26.0 Å². The summed E-state index contributed by atoms with van der Waals surface area (Å²) in [5.41, 5.74) is 0.382. The second kappa shape index (κ2) is 9.45. The molecule has 1 fully saturated rings. The van der Waals surface area contributed by atoms with Gasteiger partial charge in [-0.15, -0.1) is 0 Å². The number of nitrogens with one attached hydrogen (secondary N) is 1. The highest BCUT2D eigenvalue weighted by Gasteiger charge is 2.27. The first-order valence-electron chi connectivity index (χ1n) is 9.71. The number of anilines is 1. The Hall–Kier alpha value is -2.31. The number of benzene rings is 2. The highest BCUT2D eigenvalue weighted by molar-refractivity contribution is 7.89. The minimum absolute atomic E-state index is 0.101. The second-order valence-electron chi connectivity index (χ2n) is 7.35. The van der Waals surface area contributed by atoms with Gasteiger partial charge >= 0.3 is 0 Å². The minimum Gasteiger partial charge on any atom is -0.325 e. The van der Waals surface area contributed by atoms with Gasteiger partial charge in [-0.2, -0.15) is 8.61 Å². The van der Waals surface area contributed by atoms with Crippen LogP contribution in [0, 0.1) is 0 Å². The zero-order valence-electron chi connectivity index (χ0n) is 17.4. The molecule has 0 atom stereocenters. The third-order valence-corrected chi connectivity index (χ3v) is 8.79. The van der Waals surface area contributed by atoms with E-state index in [4.69, 9.17) is 0 Å². The predicted octanol–water partition coefficient (Wildman–Crippen LogP) is 0.882. The van der Waals surface area contributed by atoms with E-state index in [0.29, 0.717) is 31.9 Å². The van der Waals surface area contributed by atoms with Crippen molar-refractivity contribution in [2.24, 2.45) is 0 Å². The van der Waals surface area contributed by atoms with Gasteiger partial charge in [0.05, 0.1) is 16.3 Å². The van der Waals surface area contributed by atoms with Crippen LogP contribution >= 0.6 is 0 Å². The molecule has 168 valence electrons. The van der Waals surface area contributed by atoms with Crippen LogP contribution in [-0.2, 0) is 24.8 Å². The van der Waals surface area contributed by atoms with E-state index in [9.17, 15) is 21.6 Å². The highest BCUT2D eigenvalue weighted by Crippen LogP contribution is 2.20. The van der Waals surface area contributed by atoms with E-state index in [1.54, 1.807) is 18.2 Å². The van der Waals surface area contributed by atoms with Gasteiger partial charge in [-0.05, 0) is 43.4 Å². The van der Waals surface area contributed by atoms with E-state index in [2.05, 4.69) is 10.2 Å². The summed E-state index contributed by atoms with van der Waals surface area (Å²) >= 11 is 0. The lowest BCUT2D eigenvalue weighted by molar-refractivity contribution is -0.116. The molecule has 0 aliphatic carbocycles. The summed E-state index contributed by atoms with van der Waals surface area (Å²) in [6.07, 6.45) is 0. The molecule has 1 heterocycles. The number of carbonyl (C=O) groups is 1. The van der Waals surface area contributed by atoms with Crippen molar-refractivity contribution in [3.63, 3.8) is 0 Å². The van der Waals surface area contributed by atoms with Crippen LogP contribution in [0.15, 0.2) is 64.4 Å². The second-order valence-corrected chi connectivity index (χ2v) is 11.3. The first-order chi connectivity index (χ1) is 14.6. The molecule has 1 aliphatic rings. The molecule has 2 aromatic carbocycles. The summed E-state index contributed by atoms with van der Waals surface area (Å²) in [6.45, 7) is 1.83. The van der Waals surface area contributed by atoms with Crippen LogP contribution in [0.1, 0.15) is 0 Å². The maximum atomic E-state index is 12.8. The van der Waals surface area contributed by atoms with Crippen LogP contribution in [0.5, 0.6) is 0 Å². The maximum Gasteiger partial charge on any atom is 0.243 e. The van der Waals surface area contributed by atoms with E-state index in [1.165, 1.54) is 47.8 Å². The van der Waals surface area contributed by atoms with Gasteiger partial charge in [-0.1, -0.05) is 18.2 Å². The molecule has 0 spiro atoms. The fraction of sp³-hybridized carbons (Fsp3) is 0.350. The van der Waals surface area contributed by atoms with Crippen molar-refractivity contribution in [2.45, 2.75) is 9.79 Å². The van der Waals surface area contributed by atoms with Gasteiger partial charge in [-0.25, -0.2) is 16.8 Å². The Kier molecular flexibility index (Phi) is 7.12. The highest BCUT2D eigenvalue weighted by atomic mass is 32.2. The zero-order valence-corrected chi connectivity index (χ0v) is 19.1. The van der Waals surface area contributed by atoms with Crippen molar-refractivity contribution in [3.8, 4) is 0 Å². The number of likely N-dealkylation sites (N-methyl/N-ethyl adjacent to an activating group) is 2. The summed E-state index contributed by atoms with van der Waals surface area (Å²) in [5, 5.41) is 2.60. The quantitative estimate of drug-likeness (QED) is 0.649. The number of sulfonamides is 2. The maximum absolute atomic E-state index is 12.8. The van der Waals surface area contributed by atoms with Crippen LogP contribution in [-0.4, -0.2) is 83.1 Å². The fourth-order valence-corrected chi connectivity index (χ4v) is 5.72. The largest absolute Gasteiger partial charge is 0.325 e. The molecular weight excluding hydrogens is 440 g/mol. The van der Waals surface area contributed by atoms with Gasteiger partial charge in [0.15, 0.2) is 0 Å². The van der Waals surface area contributed by atoms with E-state index in [0.717, 1.165) is 4.31 Å². The first-order valence-corrected chi connectivity index (χ1v) is 12.6. The van der Waals surface area contributed by atoms with Crippen molar-refractivity contribution in [2.75, 3.05) is 52.1 Å². The van der Waals surface area contributed by atoms with Crippen LogP contribution in [0.2, 0.25) is 0 Å².